The Morgan fingerprint density at radius 3 is 2.51 bits per heavy atom. The van der Waals surface area contributed by atoms with Gasteiger partial charge in [-0.2, -0.15) is 0 Å². The van der Waals surface area contributed by atoms with E-state index in [4.69, 9.17) is 32.7 Å². The van der Waals surface area contributed by atoms with Crippen molar-refractivity contribution in [3.05, 3.63) is 99.0 Å². The van der Waals surface area contributed by atoms with Gasteiger partial charge in [0.15, 0.2) is 11.5 Å². The summed E-state index contributed by atoms with van der Waals surface area (Å²) in [6.07, 6.45) is 3.74. The number of ether oxygens (including phenoxy) is 2. The number of hydrogen-bond donors (Lipinski definition) is 0. The van der Waals surface area contributed by atoms with Gasteiger partial charge in [0, 0.05) is 32.7 Å². The molecule has 2 heterocycles. The van der Waals surface area contributed by atoms with Gasteiger partial charge in [0.05, 0.1) is 25.1 Å². The molecule has 0 saturated carbocycles. The van der Waals surface area contributed by atoms with Crippen molar-refractivity contribution in [2.75, 3.05) is 13.7 Å². The molecule has 0 N–H and O–H groups in total. The molecule has 0 bridgehead atoms. The van der Waals surface area contributed by atoms with E-state index in [1.807, 2.05) is 54.7 Å². The molecule has 0 radical (unpaired) electrons. The second kappa shape index (κ2) is 10.9. The first kappa shape index (κ1) is 25.3. The smallest absolute Gasteiger partial charge is 0.293 e. The first-order chi connectivity index (χ1) is 17.9. The third kappa shape index (κ3) is 5.34. The summed E-state index contributed by atoms with van der Waals surface area (Å²) in [4.78, 5) is 27.4. The summed E-state index contributed by atoms with van der Waals surface area (Å²) in [6, 6.07) is 20.4. The fraction of sp³-hybridized carbons (Fsp3) is 0.143. The van der Waals surface area contributed by atoms with Crippen LogP contribution in [0.4, 0.5) is 4.79 Å². The van der Waals surface area contributed by atoms with Crippen LogP contribution < -0.4 is 9.47 Å². The van der Waals surface area contributed by atoms with Crippen LogP contribution in [0.5, 0.6) is 11.5 Å². The summed E-state index contributed by atoms with van der Waals surface area (Å²) in [5.74, 6) is 1.00. The Hall–Kier alpha value is -3.39. The minimum Gasteiger partial charge on any atom is -0.493 e. The van der Waals surface area contributed by atoms with E-state index in [1.165, 1.54) is 4.90 Å². The standard InChI is InChI=1S/C28H22Cl2N2O4S/c1-35-24-8-4-5-9-25(24)36-13-12-31-16-19(21-6-2-3-7-23(21)31)14-26-27(33)32(28(34)37-26)17-18-10-11-20(29)15-22(18)30/h2-11,14-16H,12-13,17H2,1H3/b26-14-. The zero-order valence-electron chi connectivity index (χ0n) is 19.8. The van der Waals surface area contributed by atoms with Gasteiger partial charge >= 0.3 is 0 Å². The highest BCUT2D eigenvalue weighted by Crippen LogP contribution is 2.36. The molecule has 6 nitrogen and oxygen atoms in total. The molecule has 0 unspecified atom stereocenters. The number of fused-ring (bicyclic) bond motifs is 1. The molecule has 0 spiro atoms. The molecule has 5 rings (SSSR count). The summed E-state index contributed by atoms with van der Waals surface area (Å²) in [7, 11) is 1.61. The number of para-hydroxylation sites is 3. The van der Waals surface area contributed by atoms with Crippen LogP contribution in [0.15, 0.2) is 77.8 Å². The lowest BCUT2D eigenvalue weighted by Gasteiger charge is -2.13. The van der Waals surface area contributed by atoms with E-state index in [0.717, 1.165) is 28.2 Å². The highest BCUT2D eigenvalue weighted by molar-refractivity contribution is 8.18. The van der Waals surface area contributed by atoms with Crippen molar-refractivity contribution in [1.82, 2.24) is 9.47 Å². The Balaban J connectivity index is 1.36. The fourth-order valence-electron chi connectivity index (χ4n) is 4.16. The van der Waals surface area contributed by atoms with Gasteiger partial charge in [0.1, 0.15) is 6.61 Å². The number of methoxy groups -OCH3 is 1. The van der Waals surface area contributed by atoms with Crippen LogP contribution in [0.2, 0.25) is 10.0 Å². The molecule has 9 heteroatoms. The van der Waals surface area contributed by atoms with Crippen molar-refractivity contribution in [1.29, 1.82) is 0 Å². The molecule has 188 valence electrons. The van der Waals surface area contributed by atoms with Crippen LogP contribution in [-0.2, 0) is 17.9 Å². The Kier molecular flexibility index (Phi) is 7.46. The molecule has 1 saturated heterocycles. The molecule has 1 aromatic heterocycles. The van der Waals surface area contributed by atoms with Crippen LogP contribution in [0.1, 0.15) is 11.1 Å². The van der Waals surface area contributed by atoms with Crippen LogP contribution in [0, 0.1) is 0 Å². The molecule has 0 atom stereocenters. The number of hydrogen-bond acceptors (Lipinski definition) is 5. The zero-order chi connectivity index (χ0) is 25.9. The predicted molar refractivity (Wildman–Crippen MR) is 148 cm³/mol. The highest BCUT2D eigenvalue weighted by atomic mass is 35.5. The van der Waals surface area contributed by atoms with E-state index in [-0.39, 0.29) is 17.7 Å². The number of imide groups is 1. The van der Waals surface area contributed by atoms with Crippen molar-refractivity contribution >= 4 is 63.1 Å². The van der Waals surface area contributed by atoms with E-state index >= 15 is 0 Å². The van der Waals surface area contributed by atoms with Gasteiger partial charge in [-0.1, -0.05) is 59.6 Å². The lowest BCUT2D eigenvalue weighted by Crippen LogP contribution is -2.27. The molecule has 2 amide bonds. The van der Waals surface area contributed by atoms with E-state index in [0.29, 0.717) is 45.2 Å². The third-order valence-corrected chi connectivity index (χ3v) is 7.48. The Morgan fingerprint density at radius 2 is 1.73 bits per heavy atom. The highest BCUT2D eigenvalue weighted by Gasteiger charge is 2.35. The van der Waals surface area contributed by atoms with Gasteiger partial charge in [0.25, 0.3) is 11.1 Å². The van der Waals surface area contributed by atoms with Crippen LogP contribution in [0.25, 0.3) is 17.0 Å². The van der Waals surface area contributed by atoms with Gasteiger partial charge in [-0.3, -0.25) is 14.5 Å². The molecule has 37 heavy (non-hydrogen) atoms. The quantitative estimate of drug-likeness (QED) is 0.215. The maximum absolute atomic E-state index is 13.1. The molecule has 0 aliphatic carbocycles. The lowest BCUT2D eigenvalue weighted by molar-refractivity contribution is -0.123. The predicted octanol–water partition coefficient (Wildman–Crippen LogP) is 7.27. The zero-order valence-corrected chi connectivity index (χ0v) is 22.1. The number of halogens is 2. The summed E-state index contributed by atoms with van der Waals surface area (Å²) >= 11 is 13.2. The van der Waals surface area contributed by atoms with Crippen molar-refractivity contribution in [2.45, 2.75) is 13.1 Å². The largest absolute Gasteiger partial charge is 0.493 e. The number of amides is 2. The van der Waals surface area contributed by atoms with Crippen LogP contribution >= 0.6 is 35.0 Å². The van der Waals surface area contributed by atoms with Gasteiger partial charge < -0.3 is 14.0 Å². The monoisotopic (exact) mass is 552 g/mol. The SMILES string of the molecule is COc1ccccc1OCCn1cc(/C=C2\SC(=O)N(Cc3ccc(Cl)cc3Cl)C2=O)c2ccccc21. The Labute approximate surface area is 228 Å². The second-order valence-electron chi connectivity index (χ2n) is 8.30. The molecule has 1 fully saturated rings. The van der Waals surface area contributed by atoms with Gasteiger partial charge in [-0.15, -0.1) is 0 Å². The summed E-state index contributed by atoms with van der Waals surface area (Å²) < 4.78 is 13.4. The number of benzene rings is 3. The topological polar surface area (TPSA) is 60.8 Å². The number of aromatic nitrogens is 1. The number of carbonyl (C=O) groups is 2. The molecular formula is C28H22Cl2N2O4S. The number of nitrogens with zero attached hydrogens (tertiary/aromatic N) is 2. The Bertz CT molecular complexity index is 1530. The van der Waals surface area contributed by atoms with E-state index < -0.39 is 0 Å². The molecule has 3 aromatic carbocycles. The number of thioether (sulfide) groups is 1. The van der Waals surface area contributed by atoms with Crippen LogP contribution in [-0.4, -0.2) is 34.3 Å². The van der Waals surface area contributed by atoms with Crippen molar-refractivity contribution in [2.24, 2.45) is 0 Å². The fourth-order valence-corrected chi connectivity index (χ4v) is 5.46. The van der Waals surface area contributed by atoms with E-state index in [1.54, 1.807) is 31.4 Å². The van der Waals surface area contributed by atoms with Crippen molar-refractivity contribution in [3.8, 4) is 11.5 Å². The molecular weight excluding hydrogens is 531 g/mol. The maximum Gasteiger partial charge on any atom is 0.293 e. The third-order valence-electron chi connectivity index (χ3n) is 5.98. The average molecular weight is 553 g/mol. The summed E-state index contributed by atoms with van der Waals surface area (Å²) in [5, 5.41) is 1.55. The normalized spacial score (nSPS) is 14.7. The van der Waals surface area contributed by atoms with Gasteiger partial charge in [0.2, 0.25) is 0 Å². The van der Waals surface area contributed by atoms with Crippen molar-refractivity contribution < 1.29 is 19.1 Å². The summed E-state index contributed by atoms with van der Waals surface area (Å²) in [6.45, 7) is 1.10. The molecule has 1 aliphatic heterocycles. The van der Waals surface area contributed by atoms with Gasteiger partial charge in [-0.25, -0.2) is 0 Å². The number of carbonyl (C=O) groups excluding carboxylic acids is 2. The van der Waals surface area contributed by atoms with Crippen molar-refractivity contribution in [3.63, 3.8) is 0 Å². The van der Waals surface area contributed by atoms with Crippen LogP contribution in [0.3, 0.4) is 0 Å². The maximum atomic E-state index is 13.1. The first-order valence-electron chi connectivity index (χ1n) is 11.5. The van der Waals surface area contributed by atoms with E-state index in [9.17, 15) is 9.59 Å². The molecule has 4 aromatic rings. The number of rotatable bonds is 8. The Morgan fingerprint density at radius 1 is 0.973 bits per heavy atom. The summed E-state index contributed by atoms with van der Waals surface area (Å²) in [5.41, 5.74) is 2.51. The first-order valence-corrected chi connectivity index (χ1v) is 13.0. The minimum atomic E-state index is -0.350. The van der Waals surface area contributed by atoms with E-state index in [2.05, 4.69) is 4.57 Å². The lowest BCUT2D eigenvalue weighted by atomic mass is 10.1. The second-order valence-corrected chi connectivity index (χ2v) is 10.1. The average Bonchev–Trinajstić information content (AvgIpc) is 3.37. The molecule has 1 aliphatic rings. The minimum absolute atomic E-state index is 0.0834. The van der Waals surface area contributed by atoms with Gasteiger partial charge in [-0.05, 0) is 53.7 Å².